The van der Waals surface area contributed by atoms with Crippen LogP contribution < -0.4 is 14.4 Å². The second-order valence-corrected chi connectivity index (χ2v) is 6.79. The highest BCUT2D eigenvalue weighted by Gasteiger charge is 2.18. The number of anilines is 2. The molecule has 2 aromatic carbocycles. The van der Waals surface area contributed by atoms with E-state index in [9.17, 15) is 9.59 Å². The van der Waals surface area contributed by atoms with Gasteiger partial charge in [-0.3, -0.25) is 9.69 Å². The molecule has 3 rings (SSSR count). The highest BCUT2D eigenvalue weighted by atomic mass is 32.1. The van der Waals surface area contributed by atoms with Crippen LogP contribution in [0.2, 0.25) is 0 Å². The van der Waals surface area contributed by atoms with Gasteiger partial charge in [0.25, 0.3) is 0 Å². The smallest absolute Gasteiger partial charge is 0.337 e. The normalized spacial score (nSPS) is 10.3. The van der Waals surface area contributed by atoms with Crippen molar-refractivity contribution >= 4 is 34.0 Å². The van der Waals surface area contributed by atoms with Gasteiger partial charge in [0.1, 0.15) is 6.61 Å². The van der Waals surface area contributed by atoms with Crippen molar-refractivity contribution in [3.8, 4) is 11.5 Å². The monoisotopic (exact) mass is 412 g/mol. The Morgan fingerprint density at radius 3 is 2.48 bits per heavy atom. The molecule has 7 nitrogen and oxygen atoms in total. The quantitative estimate of drug-likeness (QED) is 0.541. The van der Waals surface area contributed by atoms with Gasteiger partial charge in [0.15, 0.2) is 16.6 Å². The molecular weight excluding hydrogens is 392 g/mol. The number of nitrogens with zero attached hydrogens (tertiary/aromatic N) is 2. The number of carbonyl (C=O) groups excluding carboxylic acids is 2. The van der Waals surface area contributed by atoms with Crippen LogP contribution in [0.4, 0.5) is 10.8 Å². The lowest BCUT2D eigenvalue weighted by atomic mass is 10.2. The van der Waals surface area contributed by atoms with Gasteiger partial charge in [-0.2, -0.15) is 0 Å². The van der Waals surface area contributed by atoms with Crippen LogP contribution in [-0.4, -0.2) is 31.1 Å². The molecule has 1 aromatic heterocycles. The van der Waals surface area contributed by atoms with Gasteiger partial charge in [0.05, 0.1) is 31.2 Å². The van der Waals surface area contributed by atoms with Crippen molar-refractivity contribution in [1.82, 2.24) is 4.98 Å². The van der Waals surface area contributed by atoms with Crippen LogP contribution in [0.3, 0.4) is 0 Å². The van der Waals surface area contributed by atoms with E-state index in [0.29, 0.717) is 27.9 Å². The number of carbonyl (C=O) groups is 2. The Hall–Kier alpha value is -3.39. The number of esters is 1. The van der Waals surface area contributed by atoms with Crippen molar-refractivity contribution in [2.24, 2.45) is 0 Å². The van der Waals surface area contributed by atoms with Crippen LogP contribution in [0.1, 0.15) is 23.0 Å². The fourth-order valence-corrected chi connectivity index (χ4v) is 3.52. The molecule has 1 heterocycles. The Bertz CT molecular complexity index is 1000. The van der Waals surface area contributed by atoms with E-state index in [2.05, 4.69) is 4.98 Å². The van der Waals surface area contributed by atoms with E-state index < -0.39 is 5.97 Å². The summed E-state index contributed by atoms with van der Waals surface area (Å²) in [4.78, 5) is 29.9. The minimum Gasteiger partial charge on any atom is -0.493 e. The third-order valence-corrected chi connectivity index (χ3v) is 4.90. The SMILES string of the molecule is COC(=O)c1ccc(OCc2csc(N(C(C)=O)c3ccccc3)n2)c(OC)c1. The van der Waals surface area contributed by atoms with Crippen LogP contribution >= 0.6 is 11.3 Å². The van der Waals surface area contributed by atoms with E-state index in [1.807, 2.05) is 35.7 Å². The second kappa shape index (κ2) is 9.20. The number of methoxy groups -OCH3 is 2. The third-order valence-electron chi connectivity index (χ3n) is 4.02. The van der Waals surface area contributed by atoms with Crippen LogP contribution in [0.15, 0.2) is 53.9 Å². The molecule has 0 aliphatic heterocycles. The van der Waals surface area contributed by atoms with Crippen molar-refractivity contribution in [1.29, 1.82) is 0 Å². The van der Waals surface area contributed by atoms with Crippen LogP contribution in [0.5, 0.6) is 11.5 Å². The van der Waals surface area contributed by atoms with Gasteiger partial charge in [-0.15, -0.1) is 11.3 Å². The topological polar surface area (TPSA) is 78.0 Å². The van der Waals surface area contributed by atoms with Crippen molar-refractivity contribution in [3.63, 3.8) is 0 Å². The molecule has 29 heavy (non-hydrogen) atoms. The molecule has 0 saturated carbocycles. The van der Waals surface area contributed by atoms with Crippen molar-refractivity contribution in [3.05, 3.63) is 65.2 Å². The van der Waals surface area contributed by atoms with Gasteiger partial charge in [0, 0.05) is 12.3 Å². The highest BCUT2D eigenvalue weighted by Crippen LogP contribution is 2.31. The maximum Gasteiger partial charge on any atom is 0.337 e. The van der Waals surface area contributed by atoms with Gasteiger partial charge in [0.2, 0.25) is 5.91 Å². The van der Waals surface area contributed by atoms with Crippen molar-refractivity contribution < 1.29 is 23.8 Å². The Kier molecular flexibility index (Phi) is 6.46. The summed E-state index contributed by atoms with van der Waals surface area (Å²) in [6.07, 6.45) is 0. The number of aromatic nitrogens is 1. The van der Waals surface area contributed by atoms with Gasteiger partial charge < -0.3 is 14.2 Å². The highest BCUT2D eigenvalue weighted by molar-refractivity contribution is 7.14. The summed E-state index contributed by atoms with van der Waals surface area (Å²) < 4.78 is 15.8. The molecule has 3 aromatic rings. The summed E-state index contributed by atoms with van der Waals surface area (Å²) in [7, 11) is 2.81. The van der Waals surface area contributed by atoms with Gasteiger partial charge in [-0.05, 0) is 30.3 Å². The number of rotatable bonds is 7. The average molecular weight is 412 g/mol. The molecule has 0 radical (unpaired) electrons. The fraction of sp³-hybridized carbons (Fsp3) is 0.190. The Balaban J connectivity index is 1.75. The summed E-state index contributed by atoms with van der Waals surface area (Å²) in [6.45, 7) is 1.68. The minimum absolute atomic E-state index is 0.127. The molecule has 0 N–H and O–H groups in total. The molecular formula is C21H20N2O5S. The van der Waals surface area contributed by atoms with Crippen LogP contribution in [0.25, 0.3) is 0 Å². The predicted octanol–water partition coefficient (Wildman–Crippen LogP) is 4.20. The van der Waals surface area contributed by atoms with Crippen LogP contribution in [0, 0.1) is 0 Å². The largest absolute Gasteiger partial charge is 0.493 e. The van der Waals surface area contributed by atoms with E-state index >= 15 is 0 Å². The van der Waals surface area contributed by atoms with E-state index in [4.69, 9.17) is 14.2 Å². The van der Waals surface area contributed by atoms with Crippen molar-refractivity contribution in [2.45, 2.75) is 13.5 Å². The van der Waals surface area contributed by atoms with E-state index in [-0.39, 0.29) is 12.5 Å². The Labute approximate surface area is 172 Å². The van der Waals surface area contributed by atoms with E-state index in [1.165, 1.54) is 32.5 Å². The summed E-state index contributed by atoms with van der Waals surface area (Å²) in [5, 5.41) is 2.40. The molecule has 0 unspecified atom stereocenters. The molecule has 0 bridgehead atoms. The maximum atomic E-state index is 12.1. The van der Waals surface area contributed by atoms with Gasteiger partial charge >= 0.3 is 5.97 Å². The number of hydrogen-bond donors (Lipinski definition) is 0. The first kappa shape index (κ1) is 20.3. The number of ether oxygens (including phenoxy) is 3. The molecule has 0 atom stereocenters. The molecule has 1 amide bonds. The maximum absolute atomic E-state index is 12.1. The van der Waals surface area contributed by atoms with Crippen molar-refractivity contribution in [2.75, 3.05) is 19.1 Å². The van der Waals surface area contributed by atoms with E-state index in [0.717, 1.165) is 5.69 Å². The van der Waals surface area contributed by atoms with Gasteiger partial charge in [-0.25, -0.2) is 9.78 Å². The lowest BCUT2D eigenvalue weighted by Crippen LogP contribution is -2.22. The molecule has 150 valence electrons. The molecule has 0 spiro atoms. The minimum atomic E-state index is -0.454. The lowest BCUT2D eigenvalue weighted by molar-refractivity contribution is -0.115. The zero-order valence-corrected chi connectivity index (χ0v) is 17.1. The zero-order valence-electron chi connectivity index (χ0n) is 16.2. The summed E-state index contributed by atoms with van der Waals surface area (Å²) in [5.74, 6) is 0.307. The Morgan fingerprint density at radius 1 is 1.07 bits per heavy atom. The lowest BCUT2D eigenvalue weighted by Gasteiger charge is -2.17. The molecule has 8 heteroatoms. The third kappa shape index (κ3) is 4.72. The number of benzene rings is 2. The standard InChI is InChI=1S/C21H20N2O5S/c1-14(24)23(17-7-5-4-6-8-17)21-22-16(13-29-21)12-28-18-10-9-15(20(25)27-3)11-19(18)26-2/h4-11,13H,12H2,1-3H3. The first-order valence-corrected chi connectivity index (χ1v) is 9.60. The number of hydrogen-bond acceptors (Lipinski definition) is 7. The summed E-state index contributed by atoms with van der Waals surface area (Å²) in [5.41, 5.74) is 1.79. The fourth-order valence-electron chi connectivity index (χ4n) is 2.65. The summed E-state index contributed by atoms with van der Waals surface area (Å²) >= 11 is 1.36. The summed E-state index contributed by atoms with van der Waals surface area (Å²) in [6, 6.07) is 14.1. The van der Waals surface area contributed by atoms with Crippen LogP contribution in [-0.2, 0) is 16.1 Å². The molecule has 0 fully saturated rings. The van der Waals surface area contributed by atoms with E-state index in [1.54, 1.807) is 23.1 Å². The number of para-hydroxylation sites is 1. The Morgan fingerprint density at radius 2 is 1.83 bits per heavy atom. The zero-order chi connectivity index (χ0) is 20.8. The molecule has 0 aliphatic carbocycles. The second-order valence-electron chi connectivity index (χ2n) is 5.96. The van der Waals surface area contributed by atoms with Gasteiger partial charge in [-0.1, -0.05) is 18.2 Å². The number of thiazole rings is 1. The number of amides is 1. The first-order chi connectivity index (χ1) is 14.0. The average Bonchev–Trinajstić information content (AvgIpc) is 3.20. The predicted molar refractivity (Wildman–Crippen MR) is 110 cm³/mol. The molecule has 0 aliphatic rings. The first-order valence-electron chi connectivity index (χ1n) is 8.72. The molecule has 0 saturated heterocycles.